The number of carbonyl (C=O) groups is 1. The molecule has 3 aromatic rings. The number of fused-ring (bicyclic) bond motifs is 1. The molecule has 1 aliphatic rings. The average Bonchev–Trinajstić information content (AvgIpc) is 3.44. The van der Waals surface area contributed by atoms with Gasteiger partial charge >= 0.3 is 0 Å². The number of amides is 1. The lowest BCUT2D eigenvalue weighted by Crippen LogP contribution is -2.37. The normalized spacial score (nSPS) is 14.5. The Bertz CT molecular complexity index is 1090. The average molecular weight is 433 g/mol. The zero-order valence-corrected chi connectivity index (χ0v) is 19.2. The van der Waals surface area contributed by atoms with Gasteiger partial charge in [0.15, 0.2) is 6.61 Å². The maximum Gasteiger partial charge on any atom is 0.280 e. The van der Waals surface area contributed by atoms with E-state index in [-0.39, 0.29) is 12.5 Å². The number of aryl methyl sites for hydroxylation is 3. The number of benzene rings is 2. The predicted octanol–water partition coefficient (Wildman–Crippen LogP) is 4.43. The first-order valence-corrected chi connectivity index (χ1v) is 11.3. The van der Waals surface area contributed by atoms with E-state index in [1.165, 1.54) is 18.4 Å². The Kier molecular flexibility index (Phi) is 6.90. The van der Waals surface area contributed by atoms with Crippen molar-refractivity contribution in [2.75, 3.05) is 32.8 Å². The molecular weight excluding hydrogens is 400 g/mol. The van der Waals surface area contributed by atoms with Crippen LogP contribution in [0.2, 0.25) is 0 Å². The number of hydrazone groups is 1. The van der Waals surface area contributed by atoms with Gasteiger partial charge in [0.25, 0.3) is 5.91 Å². The minimum absolute atomic E-state index is 0.0300. The number of H-pyrrole nitrogens is 1. The van der Waals surface area contributed by atoms with Gasteiger partial charge in [0, 0.05) is 18.3 Å². The maximum atomic E-state index is 13.1. The summed E-state index contributed by atoms with van der Waals surface area (Å²) in [6.07, 6.45) is 6.12. The van der Waals surface area contributed by atoms with Crippen LogP contribution in [0.5, 0.6) is 5.75 Å². The van der Waals surface area contributed by atoms with Gasteiger partial charge in [-0.2, -0.15) is 5.10 Å². The van der Waals surface area contributed by atoms with E-state index in [1.807, 2.05) is 38.2 Å². The van der Waals surface area contributed by atoms with Crippen LogP contribution in [0, 0.1) is 20.8 Å². The summed E-state index contributed by atoms with van der Waals surface area (Å²) in [6.45, 7) is 9.61. The van der Waals surface area contributed by atoms with E-state index in [0.717, 1.165) is 53.0 Å². The SMILES string of the molecule is Cc1cc(C)c(OCC(=O)N(CCN2CCCC2)/N=C/c2ccc3cc[nH]c3c2)c(C)c1. The molecule has 1 fully saturated rings. The van der Waals surface area contributed by atoms with E-state index in [2.05, 4.69) is 40.1 Å². The number of ether oxygens (including phenoxy) is 1. The second-order valence-electron chi connectivity index (χ2n) is 8.65. The number of aromatic amines is 1. The molecule has 1 saturated heterocycles. The molecule has 1 aliphatic heterocycles. The van der Waals surface area contributed by atoms with Crippen molar-refractivity contribution < 1.29 is 9.53 Å². The molecule has 4 rings (SSSR count). The van der Waals surface area contributed by atoms with Gasteiger partial charge < -0.3 is 14.6 Å². The Hall–Kier alpha value is -3.12. The van der Waals surface area contributed by atoms with Crippen LogP contribution in [0.15, 0.2) is 47.7 Å². The van der Waals surface area contributed by atoms with E-state index >= 15 is 0 Å². The molecular formula is C26H32N4O2. The lowest BCUT2D eigenvalue weighted by molar-refractivity contribution is -0.133. The predicted molar refractivity (Wildman–Crippen MR) is 129 cm³/mol. The topological polar surface area (TPSA) is 60.9 Å². The molecule has 1 amide bonds. The third-order valence-corrected chi connectivity index (χ3v) is 5.98. The van der Waals surface area contributed by atoms with Crippen LogP contribution in [-0.4, -0.2) is 59.8 Å². The number of likely N-dealkylation sites (tertiary alicyclic amines) is 1. The summed E-state index contributed by atoms with van der Waals surface area (Å²) in [7, 11) is 0. The van der Waals surface area contributed by atoms with Crippen molar-refractivity contribution in [3.63, 3.8) is 0 Å². The first kappa shape index (κ1) is 22.1. The molecule has 0 saturated carbocycles. The summed E-state index contributed by atoms with van der Waals surface area (Å²) in [6, 6.07) is 12.3. The summed E-state index contributed by atoms with van der Waals surface area (Å²) < 4.78 is 5.95. The Morgan fingerprint density at radius 3 is 2.62 bits per heavy atom. The molecule has 168 valence electrons. The molecule has 6 heteroatoms. The van der Waals surface area contributed by atoms with E-state index in [9.17, 15) is 4.79 Å². The van der Waals surface area contributed by atoms with Gasteiger partial charge in [-0.3, -0.25) is 4.79 Å². The van der Waals surface area contributed by atoms with Crippen LogP contribution in [-0.2, 0) is 4.79 Å². The highest BCUT2D eigenvalue weighted by Crippen LogP contribution is 2.24. The maximum absolute atomic E-state index is 13.1. The summed E-state index contributed by atoms with van der Waals surface area (Å²) in [5.74, 6) is 0.644. The molecule has 0 bridgehead atoms. The second-order valence-corrected chi connectivity index (χ2v) is 8.65. The fraction of sp³-hybridized carbons (Fsp3) is 0.385. The first-order valence-electron chi connectivity index (χ1n) is 11.3. The number of nitrogens with one attached hydrogen (secondary N) is 1. The molecule has 0 aliphatic carbocycles. The number of hydrogen-bond donors (Lipinski definition) is 1. The zero-order chi connectivity index (χ0) is 22.5. The van der Waals surface area contributed by atoms with Crippen LogP contribution in [0.4, 0.5) is 0 Å². The Morgan fingerprint density at radius 2 is 1.88 bits per heavy atom. The summed E-state index contributed by atoms with van der Waals surface area (Å²) in [4.78, 5) is 18.7. The zero-order valence-electron chi connectivity index (χ0n) is 19.2. The molecule has 1 N–H and O–H groups in total. The Labute approximate surface area is 189 Å². The Morgan fingerprint density at radius 1 is 1.12 bits per heavy atom. The van der Waals surface area contributed by atoms with Gasteiger partial charge in [-0.1, -0.05) is 29.8 Å². The largest absolute Gasteiger partial charge is 0.483 e. The Balaban J connectivity index is 1.46. The van der Waals surface area contributed by atoms with E-state index < -0.39 is 0 Å². The van der Waals surface area contributed by atoms with Gasteiger partial charge in [-0.25, -0.2) is 5.01 Å². The molecule has 0 atom stereocenters. The highest BCUT2D eigenvalue weighted by atomic mass is 16.5. The molecule has 32 heavy (non-hydrogen) atoms. The fourth-order valence-corrected chi connectivity index (χ4v) is 4.37. The second kappa shape index (κ2) is 10.0. The molecule has 2 heterocycles. The van der Waals surface area contributed by atoms with E-state index in [0.29, 0.717) is 6.54 Å². The van der Waals surface area contributed by atoms with Crippen LogP contribution in [0.3, 0.4) is 0 Å². The molecule has 2 aromatic carbocycles. The van der Waals surface area contributed by atoms with Crippen molar-refractivity contribution in [3.05, 3.63) is 64.8 Å². The van der Waals surface area contributed by atoms with Crippen molar-refractivity contribution in [2.24, 2.45) is 5.10 Å². The third kappa shape index (κ3) is 5.37. The van der Waals surface area contributed by atoms with Crippen LogP contribution < -0.4 is 4.74 Å². The van der Waals surface area contributed by atoms with Crippen molar-refractivity contribution in [2.45, 2.75) is 33.6 Å². The standard InChI is InChI=1S/C26H32N4O2/c1-19-14-20(2)26(21(3)15-19)32-18-25(31)30(13-12-29-10-4-5-11-29)28-17-22-6-7-23-8-9-27-24(23)16-22/h6-9,14-17,27H,4-5,10-13,18H2,1-3H3/b28-17+. The van der Waals surface area contributed by atoms with Crippen molar-refractivity contribution in [3.8, 4) is 5.75 Å². The van der Waals surface area contributed by atoms with Crippen molar-refractivity contribution >= 4 is 23.0 Å². The van der Waals surface area contributed by atoms with Gasteiger partial charge in [0.2, 0.25) is 0 Å². The van der Waals surface area contributed by atoms with Gasteiger partial charge in [-0.15, -0.1) is 0 Å². The van der Waals surface area contributed by atoms with Crippen molar-refractivity contribution in [1.82, 2.24) is 14.9 Å². The van der Waals surface area contributed by atoms with Gasteiger partial charge in [0.05, 0.1) is 12.8 Å². The summed E-state index contributed by atoms with van der Waals surface area (Å²) in [5.41, 5.74) is 5.28. The monoisotopic (exact) mass is 432 g/mol. The number of aromatic nitrogens is 1. The first-order chi connectivity index (χ1) is 15.5. The minimum Gasteiger partial charge on any atom is -0.483 e. The summed E-state index contributed by atoms with van der Waals surface area (Å²) >= 11 is 0. The number of hydrogen-bond acceptors (Lipinski definition) is 4. The molecule has 0 radical (unpaired) electrons. The van der Waals surface area contributed by atoms with Crippen LogP contribution in [0.1, 0.15) is 35.1 Å². The minimum atomic E-state index is -0.138. The molecule has 6 nitrogen and oxygen atoms in total. The number of rotatable bonds is 8. The smallest absolute Gasteiger partial charge is 0.280 e. The molecule has 0 unspecified atom stereocenters. The lowest BCUT2D eigenvalue weighted by atomic mass is 10.1. The highest BCUT2D eigenvalue weighted by molar-refractivity contribution is 5.89. The van der Waals surface area contributed by atoms with Crippen molar-refractivity contribution in [1.29, 1.82) is 0 Å². The van der Waals surface area contributed by atoms with Gasteiger partial charge in [-0.05, 0) is 80.9 Å². The fourth-order valence-electron chi connectivity index (χ4n) is 4.37. The van der Waals surface area contributed by atoms with Crippen LogP contribution in [0.25, 0.3) is 10.9 Å². The lowest BCUT2D eigenvalue weighted by Gasteiger charge is -2.22. The van der Waals surface area contributed by atoms with Gasteiger partial charge in [0.1, 0.15) is 5.75 Å². The summed E-state index contributed by atoms with van der Waals surface area (Å²) in [5, 5.41) is 7.26. The number of nitrogens with zero attached hydrogens (tertiary/aromatic N) is 3. The van der Waals surface area contributed by atoms with E-state index in [1.54, 1.807) is 11.2 Å². The molecule has 0 spiro atoms. The third-order valence-electron chi connectivity index (χ3n) is 5.98. The highest BCUT2D eigenvalue weighted by Gasteiger charge is 2.18. The van der Waals surface area contributed by atoms with Crippen LogP contribution >= 0.6 is 0 Å². The molecule has 1 aromatic heterocycles. The number of carbonyl (C=O) groups excluding carboxylic acids is 1. The quantitative estimate of drug-likeness (QED) is 0.423. The van der Waals surface area contributed by atoms with E-state index in [4.69, 9.17) is 4.74 Å².